The van der Waals surface area contributed by atoms with Crippen LogP contribution in [0.15, 0.2) is 6.07 Å². The largest absolute Gasteiger partial charge is 0.379 e. The van der Waals surface area contributed by atoms with Crippen LogP contribution in [0.1, 0.15) is 36.1 Å². The first kappa shape index (κ1) is 15.0. The third-order valence-corrected chi connectivity index (χ3v) is 4.73. The molecule has 0 amide bonds. The molecule has 1 unspecified atom stereocenters. The van der Waals surface area contributed by atoms with E-state index in [9.17, 15) is 0 Å². The van der Waals surface area contributed by atoms with Crippen molar-refractivity contribution >= 4 is 11.3 Å². The highest BCUT2D eigenvalue weighted by molar-refractivity contribution is 7.12. The van der Waals surface area contributed by atoms with Gasteiger partial charge in [-0.2, -0.15) is 0 Å². The summed E-state index contributed by atoms with van der Waals surface area (Å²) in [7, 11) is 0. The zero-order valence-electron chi connectivity index (χ0n) is 12.5. The van der Waals surface area contributed by atoms with Crippen molar-refractivity contribution in [2.75, 3.05) is 19.8 Å². The van der Waals surface area contributed by atoms with Gasteiger partial charge in [-0.3, -0.25) is 4.90 Å². The Morgan fingerprint density at radius 3 is 3.00 bits per heavy atom. The molecule has 3 nitrogen and oxygen atoms in total. The lowest BCUT2D eigenvalue weighted by Gasteiger charge is -2.33. The number of hydrogen-bond donors (Lipinski definition) is 1. The van der Waals surface area contributed by atoms with Crippen LogP contribution in [0.25, 0.3) is 0 Å². The van der Waals surface area contributed by atoms with Crippen molar-refractivity contribution in [3.8, 4) is 0 Å². The van der Waals surface area contributed by atoms with Crippen molar-refractivity contribution in [3.63, 3.8) is 0 Å². The van der Waals surface area contributed by atoms with Crippen molar-refractivity contribution in [2.24, 2.45) is 0 Å². The molecule has 1 saturated heterocycles. The summed E-state index contributed by atoms with van der Waals surface area (Å²) in [6, 6.07) is 3.45. The Hall–Kier alpha value is -0.420. The van der Waals surface area contributed by atoms with Crippen LogP contribution in [0, 0.1) is 6.92 Å². The quantitative estimate of drug-likeness (QED) is 0.899. The van der Waals surface area contributed by atoms with E-state index >= 15 is 0 Å². The van der Waals surface area contributed by atoms with Crippen LogP contribution in [-0.2, 0) is 17.8 Å². The molecule has 2 heterocycles. The summed E-state index contributed by atoms with van der Waals surface area (Å²) in [4.78, 5) is 5.43. The molecule has 0 aliphatic carbocycles. The van der Waals surface area contributed by atoms with Crippen LogP contribution in [-0.4, -0.2) is 36.7 Å². The van der Waals surface area contributed by atoms with E-state index in [1.165, 1.54) is 15.3 Å². The Morgan fingerprint density at radius 1 is 1.53 bits per heavy atom. The van der Waals surface area contributed by atoms with E-state index in [2.05, 4.69) is 44.0 Å². The molecule has 1 aromatic rings. The minimum absolute atomic E-state index is 0.533. The van der Waals surface area contributed by atoms with Crippen molar-refractivity contribution in [1.82, 2.24) is 10.2 Å². The SMILES string of the molecule is Cc1sc(CNC(C)C)cc1CN1CCOCC1C. The number of nitrogens with zero attached hydrogens (tertiary/aromatic N) is 1. The molecule has 1 aromatic heterocycles. The van der Waals surface area contributed by atoms with Gasteiger partial charge in [0.05, 0.1) is 13.2 Å². The number of morpholine rings is 1. The number of aryl methyl sites for hydroxylation is 1. The average molecular weight is 282 g/mol. The van der Waals surface area contributed by atoms with Crippen molar-refractivity contribution < 1.29 is 4.74 Å². The fourth-order valence-electron chi connectivity index (χ4n) is 2.35. The van der Waals surface area contributed by atoms with Gasteiger partial charge < -0.3 is 10.1 Å². The number of thiophene rings is 1. The number of nitrogens with one attached hydrogen (secondary N) is 1. The molecule has 19 heavy (non-hydrogen) atoms. The lowest BCUT2D eigenvalue weighted by atomic mass is 10.2. The summed E-state index contributed by atoms with van der Waals surface area (Å²) in [5, 5.41) is 3.49. The first-order valence-electron chi connectivity index (χ1n) is 7.19. The smallest absolute Gasteiger partial charge is 0.0619 e. The van der Waals surface area contributed by atoms with Gasteiger partial charge in [-0.15, -0.1) is 11.3 Å². The predicted molar refractivity (Wildman–Crippen MR) is 81.7 cm³/mol. The van der Waals surface area contributed by atoms with Crippen LogP contribution in [0.4, 0.5) is 0 Å². The van der Waals surface area contributed by atoms with E-state index in [0.29, 0.717) is 12.1 Å². The summed E-state index contributed by atoms with van der Waals surface area (Å²) in [5.41, 5.74) is 1.49. The Bertz CT molecular complexity index is 403. The first-order chi connectivity index (χ1) is 9.06. The van der Waals surface area contributed by atoms with E-state index in [0.717, 1.165) is 32.8 Å². The van der Waals surface area contributed by atoms with Gasteiger partial charge in [0.2, 0.25) is 0 Å². The monoisotopic (exact) mass is 282 g/mol. The molecule has 1 fully saturated rings. The van der Waals surface area contributed by atoms with Gasteiger partial charge in [-0.25, -0.2) is 0 Å². The van der Waals surface area contributed by atoms with E-state index in [1.54, 1.807) is 0 Å². The van der Waals surface area contributed by atoms with Gasteiger partial charge in [0.25, 0.3) is 0 Å². The second kappa shape index (κ2) is 6.84. The van der Waals surface area contributed by atoms with Crippen molar-refractivity contribution in [3.05, 3.63) is 21.4 Å². The molecule has 0 saturated carbocycles. The highest BCUT2D eigenvalue weighted by Gasteiger charge is 2.20. The molecule has 0 bridgehead atoms. The molecular weight excluding hydrogens is 256 g/mol. The molecule has 1 aliphatic heterocycles. The molecule has 1 aliphatic rings. The maximum atomic E-state index is 5.50. The van der Waals surface area contributed by atoms with Gasteiger partial charge in [-0.1, -0.05) is 13.8 Å². The summed E-state index contributed by atoms with van der Waals surface area (Å²) in [5.74, 6) is 0. The zero-order chi connectivity index (χ0) is 13.8. The van der Waals surface area contributed by atoms with Crippen LogP contribution >= 0.6 is 11.3 Å². The number of ether oxygens (including phenoxy) is 1. The third-order valence-electron chi connectivity index (χ3n) is 3.63. The molecule has 1 atom stereocenters. The van der Waals surface area contributed by atoms with E-state index in [4.69, 9.17) is 4.74 Å². The highest BCUT2D eigenvalue weighted by atomic mass is 32.1. The van der Waals surface area contributed by atoms with Crippen molar-refractivity contribution in [2.45, 2.75) is 52.9 Å². The summed E-state index contributed by atoms with van der Waals surface area (Å²) >= 11 is 1.93. The third kappa shape index (κ3) is 4.28. The Balaban J connectivity index is 1.96. The molecule has 4 heteroatoms. The second-order valence-corrected chi connectivity index (χ2v) is 7.07. The Kier molecular flexibility index (Phi) is 5.39. The van der Waals surface area contributed by atoms with Crippen LogP contribution in [0.3, 0.4) is 0 Å². The summed E-state index contributed by atoms with van der Waals surface area (Å²) < 4.78 is 5.50. The minimum Gasteiger partial charge on any atom is -0.379 e. The lowest BCUT2D eigenvalue weighted by molar-refractivity contribution is -0.00439. The first-order valence-corrected chi connectivity index (χ1v) is 8.01. The maximum Gasteiger partial charge on any atom is 0.0619 e. The fourth-order valence-corrected chi connectivity index (χ4v) is 3.36. The Labute approximate surface area is 121 Å². The number of rotatable bonds is 5. The van der Waals surface area contributed by atoms with Crippen LogP contribution in [0.2, 0.25) is 0 Å². The van der Waals surface area contributed by atoms with E-state index < -0.39 is 0 Å². The molecule has 0 radical (unpaired) electrons. The second-order valence-electron chi connectivity index (χ2n) is 5.72. The topological polar surface area (TPSA) is 24.5 Å². The number of hydrogen-bond acceptors (Lipinski definition) is 4. The van der Waals surface area contributed by atoms with Gasteiger partial charge in [0.1, 0.15) is 0 Å². The minimum atomic E-state index is 0.533. The molecule has 0 spiro atoms. The van der Waals surface area contributed by atoms with Gasteiger partial charge in [0, 0.05) is 41.5 Å². The predicted octanol–water partition coefficient (Wildman–Crippen LogP) is 2.78. The van der Waals surface area contributed by atoms with E-state index in [1.807, 2.05) is 11.3 Å². The zero-order valence-corrected chi connectivity index (χ0v) is 13.3. The summed E-state index contributed by atoms with van der Waals surface area (Å²) in [6.07, 6.45) is 0. The fraction of sp³-hybridized carbons (Fsp3) is 0.733. The van der Waals surface area contributed by atoms with Crippen LogP contribution in [0.5, 0.6) is 0 Å². The van der Waals surface area contributed by atoms with Gasteiger partial charge >= 0.3 is 0 Å². The van der Waals surface area contributed by atoms with E-state index in [-0.39, 0.29) is 0 Å². The molecule has 108 valence electrons. The molecule has 1 N–H and O–H groups in total. The average Bonchev–Trinajstić information content (AvgIpc) is 2.71. The molecule has 2 rings (SSSR count). The maximum absolute atomic E-state index is 5.50. The Morgan fingerprint density at radius 2 is 2.32 bits per heavy atom. The van der Waals surface area contributed by atoms with Crippen molar-refractivity contribution in [1.29, 1.82) is 0 Å². The lowest BCUT2D eigenvalue weighted by Crippen LogP contribution is -2.42. The summed E-state index contributed by atoms with van der Waals surface area (Å²) in [6.45, 7) is 13.7. The molecule has 0 aromatic carbocycles. The normalized spacial score (nSPS) is 21.2. The van der Waals surface area contributed by atoms with Gasteiger partial charge in [-0.05, 0) is 25.5 Å². The highest BCUT2D eigenvalue weighted by Crippen LogP contribution is 2.24. The van der Waals surface area contributed by atoms with Crippen LogP contribution < -0.4 is 5.32 Å². The van der Waals surface area contributed by atoms with Gasteiger partial charge in [0.15, 0.2) is 0 Å². The standard InChI is InChI=1S/C15H26N2OS/c1-11(2)16-8-15-7-14(13(4)19-15)9-17-5-6-18-10-12(17)3/h7,11-12,16H,5-6,8-10H2,1-4H3. The molecular formula is C15H26N2OS.